The molecule has 2 nitrogen and oxygen atoms in total. The molecule has 1 fully saturated rings. The van der Waals surface area contributed by atoms with Crippen molar-refractivity contribution in [3.63, 3.8) is 0 Å². The summed E-state index contributed by atoms with van der Waals surface area (Å²) < 4.78 is 0. The van der Waals surface area contributed by atoms with Gasteiger partial charge in [0.15, 0.2) is 5.17 Å². The van der Waals surface area contributed by atoms with Gasteiger partial charge in [-0.2, -0.15) is 0 Å². The van der Waals surface area contributed by atoms with Gasteiger partial charge in [0, 0.05) is 18.3 Å². The van der Waals surface area contributed by atoms with Gasteiger partial charge >= 0.3 is 0 Å². The monoisotopic (exact) mass is 270 g/mol. The molecule has 0 aromatic heterocycles. The first-order valence-corrected chi connectivity index (χ1v) is 8.59. The third-order valence-electron chi connectivity index (χ3n) is 3.82. The summed E-state index contributed by atoms with van der Waals surface area (Å²) in [4.78, 5) is 4.81. The molecule has 1 aliphatic rings. The highest BCUT2D eigenvalue weighted by Crippen LogP contribution is 2.20. The van der Waals surface area contributed by atoms with Crippen LogP contribution in [0.2, 0.25) is 0 Å². The van der Waals surface area contributed by atoms with E-state index in [1.165, 1.54) is 43.0 Å². The maximum Gasteiger partial charge on any atom is 0.156 e. The molecule has 106 valence electrons. The van der Waals surface area contributed by atoms with Gasteiger partial charge in [-0.1, -0.05) is 58.7 Å². The number of aliphatic imine (C=N–C) groups is 1. The number of nitrogens with one attached hydrogen (secondary N) is 1. The second kappa shape index (κ2) is 8.84. The third-order valence-corrected chi connectivity index (χ3v) is 4.78. The lowest BCUT2D eigenvalue weighted by Gasteiger charge is -2.28. The average Bonchev–Trinajstić information content (AvgIpc) is 2.39. The van der Waals surface area contributed by atoms with E-state index < -0.39 is 0 Å². The quantitative estimate of drug-likeness (QED) is 0.745. The number of hydrogen-bond donors (Lipinski definition) is 1. The standard InChI is InChI=1S/C15H30N2S/c1-5-7-8-13(6-2)11-16-15-17-14(12(3)4)9-10-18-15/h12-14H,5-11H2,1-4H3,(H,16,17). The van der Waals surface area contributed by atoms with Crippen LogP contribution < -0.4 is 5.32 Å². The molecule has 1 saturated heterocycles. The van der Waals surface area contributed by atoms with Gasteiger partial charge in [-0.05, 0) is 24.7 Å². The molecular formula is C15H30N2S. The molecule has 0 aromatic rings. The lowest BCUT2D eigenvalue weighted by atomic mass is 10.00. The predicted octanol–water partition coefficient (Wildman–Crippen LogP) is 4.31. The topological polar surface area (TPSA) is 24.4 Å². The zero-order valence-electron chi connectivity index (χ0n) is 12.5. The molecule has 1 N–H and O–H groups in total. The summed E-state index contributed by atoms with van der Waals surface area (Å²) in [6.45, 7) is 10.2. The van der Waals surface area contributed by atoms with Crippen LogP contribution in [0.15, 0.2) is 4.99 Å². The Morgan fingerprint density at radius 1 is 1.39 bits per heavy atom. The van der Waals surface area contributed by atoms with E-state index in [1.807, 2.05) is 11.8 Å². The molecule has 1 rings (SSSR count). The van der Waals surface area contributed by atoms with Crippen LogP contribution in [0.5, 0.6) is 0 Å². The molecule has 1 heterocycles. The number of unbranched alkanes of at least 4 members (excludes halogenated alkanes) is 1. The third kappa shape index (κ3) is 5.64. The highest BCUT2D eigenvalue weighted by atomic mass is 32.2. The van der Waals surface area contributed by atoms with Crippen LogP contribution in [0.25, 0.3) is 0 Å². The molecule has 0 aromatic carbocycles. The molecule has 2 atom stereocenters. The van der Waals surface area contributed by atoms with Crippen molar-refractivity contribution in [2.24, 2.45) is 16.8 Å². The first kappa shape index (κ1) is 15.9. The van der Waals surface area contributed by atoms with Gasteiger partial charge in [-0.25, -0.2) is 0 Å². The Bertz CT molecular complexity index is 251. The summed E-state index contributed by atoms with van der Waals surface area (Å²) in [6, 6.07) is 0.626. The first-order chi connectivity index (χ1) is 8.67. The summed E-state index contributed by atoms with van der Waals surface area (Å²) in [5, 5.41) is 4.79. The number of rotatable bonds is 7. The molecule has 0 bridgehead atoms. The minimum Gasteiger partial charge on any atom is -0.362 e. The van der Waals surface area contributed by atoms with Crippen LogP contribution >= 0.6 is 11.8 Å². The van der Waals surface area contributed by atoms with E-state index in [0.29, 0.717) is 12.0 Å². The Morgan fingerprint density at radius 2 is 2.17 bits per heavy atom. The Hall–Kier alpha value is -0.180. The first-order valence-electron chi connectivity index (χ1n) is 7.61. The van der Waals surface area contributed by atoms with E-state index >= 15 is 0 Å². The Morgan fingerprint density at radius 3 is 2.78 bits per heavy atom. The van der Waals surface area contributed by atoms with Crippen LogP contribution in [-0.4, -0.2) is 23.5 Å². The molecule has 0 saturated carbocycles. The average molecular weight is 270 g/mol. The van der Waals surface area contributed by atoms with E-state index in [2.05, 4.69) is 33.0 Å². The SMILES string of the molecule is CCCCC(CC)CN=C1NC(C(C)C)CCS1. The second-order valence-corrected chi connectivity index (χ2v) is 6.78. The molecule has 2 unspecified atom stereocenters. The molecule has 0 spiro atoms. The van der Waals surface area contributed by atoms with Crippen LogP contribution in [0.1, 0.15) is 59.8 Å². The van der Waals surface area contributed by atoms with Crippen molar-refractivity contribution in [3.05, 3.63) is 0 Å². The zero-order valence-corrected chi connectivity index (χ0v) is 13.4. The van der Waals surface area contributed by atoms with Gasteiger partial charge in [-0.15, -0.1) is 0 Å². The molecule has 1 aliphatic heterocycles. The molecule has 0 aliphatic carbocycles. The maximum absolute atomic E-state index is 4.81. The van der Waals surface area contributed by atoms with Gasteiger partial charge in [0.25, 0.3) is 0 Å². The summed E-state index contributed by atoms with van der Waals surface area (Å²) in [5.41, 5.74) is 0. The number of thioether (sulfide) groups is 1. The van der Waals surface area contributed by atoms with Crippen molar-refractivity contribution in [2.45, 2.75) is 65.8 Å². The molecule has 0 radical (unpaired) electrons. The van der Waals surface area contributed by atoms with Crippen molar-refractivity contribution < 1.29 is 0 Å². The Kier molecular flexibility index (Phi) is 7.80. The van der Waals surface area contributed by atoms with Crippen LogP contribution in [-0.2, 0) is 0 Å². The minimum atomic E-state index is 0.626. The number of amidine groups is 1. The smallest absolute Gasteiger partial charge is 0.156 e. The second-order valence-electron chi connectivity index (χ2n) is 5.69. The van der Waals surface area contributed by atoms with Crippen molar-refractivity contribution in [2.75, 3.05) is 12.3 Å². The minimum absolute atomic E-state index is 0.626. The number of nitrogens with zero attached hydrogens (tertiary/aromatic N) is 1. The van der Waals surface area contributed by atoms with Crippen molar-refractivity contribution in [1.29, 1.82) is 0 Å². The molecular weight excluding hydrogens is 240 g/mol. The molecule has 0 amide bonds. The normalized spacial score (nSPS) is 24.3. The largest absolute Gasteiger partial charge is 0.362 e. The van der Waals surface area contributed by atoms with E-state index in [-0.39, 0.29) is 0 Å². The zero-order chi connectivity index (χ0) is 13.4. The van der Waals surface area contributed by atoms with Gasteiger partial charge in [0.05, 0.1) is 0 Å². The fraction of sp³-hybridized carbons (Fsp3) is 0.933. The van der Waals surface area contributed by atoms with Crippen molar-refractivity contribution in [1.82, 2.24) is 5.32 Å². The lowest BCUT2D eigenvalue weighted by molar-refractivity contribution is 0.438. The maximum atomic E-state index is 4.81. The van der Waals surface area contributed by atoms with Crippen molar-refractivity contribution >= 4 is 16.9 Å². The Labute approximate surface area is 117 Å². The fourth-order valence-electron chi connectivity index (χ4n) is 2.28. The van der Waals surface area contributed by atoms with E-state index in [4.69, 9.17) is 4.99 Å². The van der Waals surface area contributed by atoms with E-state index in [0.717, 1.165) is 12.5 Å². The van der Waals surface area contributed by atoms with Gasteiger partial charge < -0.3 is 5.32 Å². The molecule has 18 heavy (non-hydrogen) atoms. The van der Waals surface area contributed by atoms with E-state index in [1.54, 1.807) is 0 Å². The summed E-state index contributed by atoms with van der Waals surface area (Å²) in [5.74, 6) is 2.71. The fourth-order valence-corrected chi connectivity index (χ4v) is 3.24. The number of hydrogen-bond acceptors (Lipinski definition) is 2. The van der Waals surface area contributed by atoms with Gasteiger partial charge in [0.2, 0.25) is 0 Å². The van der Waals surface area contributed by atoms with Gasteiger partial charge in [-0.3, -0.25) is 4.99 Å². The van der Waals surface area contributed by atoms with Crippen LogP contribution in [0.3, 0.4) is 0 Å². The van der Waals surface area contributed by atoms with Crippen LogP contribution in [0, 0.1) is 11.8 Å². The van der Waals surface area contributed by atoms with E-state index in [9.17, 15) is 0 Å². The summed E-state index contributed by atoms with van der Waals surface area (Å²) in [7, 11) is 0. The molecule has 3 heteroatoms. The predicted molar refractivity (Wildman–Crippen MR) is 84.4 cm³/mol. The van der Waals surface area contributed by atoms with Gasteiger partial charge in [0.1, 0.15) is 0 Å². The lowest BCUT2D eigenvalue weighted by Crippen LogP contribution is -2.41. The highest BCUT2D eigenvalue weighted by molar-refractivity contribution is 8.13. The summed E-state index contributed by atoms with van der Waals surface area (Å²) in [6.07, 6.45) is 6.51. The van der Waals surface area contributed by atoms with Crippen molar-refractivity contribution in [3.8, 4) is 0 Å². The summed E-state index contributed by atoms with van der Waals surface area (Å²) >= 11 is 1.90. The highest BCUT2D eigenvalue weighted by Gasteiger charge is 2.20. The van der Waals surface area contributed by atoms with Crippen LogP contribution in [0.4, 0.5) is 0 Å². The Balaban J connectivity index is 2.39.